The number of piperidine rings is 1. The van der Waals surface area contributed by atoms with E-state index in [4.69, 9.17) is 16.3 Å². The molecule has 1 aromatic carbocycles. The summed E-state index contributed by atoms with van der Waals surface area (Å²) in [5.41, 5.74) is 1.19. The van der Waals surface area contributed by atoms with Crippen molar-refractivity contribution in [2.45, 2.75) is 19.4 Å². The molecule has 17 heavy (non-hydrogen) atoms. The van der Waals surface area contributed by atoms with Gasteiger partial charge in [0.25, 0.3) is 0 Å². The van der Waals surface area contributed by atoms with Crippen LogP contribution in [-0.2, 0) is 11.3 Å². The molecule has 0 atom stereocenters. The SMILES string of the molecule is Cl.Clc1ccc(COCC2CCNCC2)cc1. The van der Waals surface area contributed by atoms with Gasteiger partial charge >= 0.3 is 0 Å². The van der Waals surface area contributed by atoms with Crippen molar-refractivity contribution in [3.8, 4) is 0 Å². The summed E-state index contributed by atoms with van der Waals surface area (Å²) in [5, 5.41) is 4.14. The second-order valence-corrected chi connectivity index (χ2v) is 4.77. The summed E-state index contributed by atoms with van der Waals surface area (Å²) in [6, 6.07) is 7.85. The minimum absolute atomic E-state index is 0. The molecule has 96 valence electrons. The number of hydrogen-bond donors (Lipinski definition) is 1. The van der Waals surface area contributed by atoms with E-state index in [9.17, 15) is 0 Å². The average molecular weight is 276 g/mol. The quantitative estimate of drug-likeness (QED) is 0.911. The number of nitrogens with one attached hydrogen (secondary N) is 1. The Morgan fingerprint density at radius 2 is 1.82 bits per heavy atom. The van der Waals surface area contributed by atoms with Crippen LogP contribution < -0.4 is 5.32 Å². The van der Waals surface area contributed by atoms with Crippen molar-refractivity contribution in [1.29, 1.82) is 0 Å². The molecule has 0 radical (unpaired) electrons. The molecule has 1 aliphatic heterocycles. The van der Waals surface area contributed by atoms with E-state index in [2.05, 4.69) is 5.32 Å². The highest BCUT2D eigenvalue weighted by Gasteiger charge is 2.12. The predicted octanol–water partition coefficient (Wildman–Crippen LogP) is 3.28. The van der Waals surface area contributed by atoms with Crippen molar-refractivity contribution in [3.05, 3.63) is 34.9 Å². The summed E-state index contributed by atoms with van der Waals surface area (Å²) >= 11 is 5.82. The van der Waals surface area contributed by atoms with Crippen LogP contribution in [0.4, 0.5) is 0 Å². The second-order valence-electron chi connectivity index (χ2n) is 4.33. The Labute approximate surface area is 114 Å². The van der Waals surface area contributed by atoms with Crippen molar-refractivity contribution in [2.75, 3.05) is 19.7 Å². The van der Waals surface area contributed by atoms with Gasteiger partial charge in [-0.1, -0.05) is 23.7 Å². The van der Waals surface area contributed by atoms with Crippen molar-refractivity contribution < 1.29 is 4.74 Å². The molecule has 0 saturated carbocycles. The van der Waals surface area contributed by atoms with E-state index in [0.29, 0.717) is 6.61 Å². The summed E-state index contributed by atoms with van der Waals surface area (Å²) < 4.78 is 5.73. The molecule has 2 rings (SSSR count). The zero-order valence-electron chi connectivity index (χ0n) is 9.82. The number of hydrogen-bond acceptors (Lipinski definition) is 2. The third kappa shape index (κ3) is 5.26. The van der Waals surface area contributed by atoms with Crippen molar-refractivity contribution in [2.24, 2.45) is 5.92 Å². The van der Waals surface area contributed by atoms with Gasteiger partial charge in [-0.3, -0.25) is 0 Å². The van der Waals surface area contributed by atoms with Gasteiger partial charge in [0.2, 0.25) is 0 Å². The maximum atomic E-state index is 5.82. The molecule has 1 heterocycles. The van der Waals surface area contributed by atoms with E-state index in [-0.39, 0.29) is 12.4 Å². The van der Waals surface area contributed by atoms with Crippen molar-refractivity contribution in [3.63, 3.8) is 0 Å². The molecular formula is C13H19Cl2NO. The molecule has 0 unspecified atom stereocenters. The predicted molar refractivity (Wildman–Crippen MR) is 73.9 cm³/mol. The first-order valence-corrected chi connectivity index (χ1v) is 6.25. The number of halogens is 2. The molecule has 0 bridgehead atoms. The number of benzene rings is 1. The highest BCUT2D eigenvalue weighted by molar-refractivity contribution is 6.30. The van der Waals surface area contributed by atoms with Gasteiger partial charge in [0, 0.05) is 11.6 Å². The molecule has 1 fully saturated rings. The lowest BCUT2D eigenvalue weighted by molar-refractivity contribution is 0.0763. The summed E-state index contributed by atoms with van der Waals surface area (Å²) in [5.74, 6) is 0.730. The standard InChI is InChI=1S/C13H18ClNO.ClH/c14-13-3-1-11(2-4-13)9-16-10-12-5-7-15-8-6-12;/h1-4,12,15H,5-10H2;1H. The molecule has 4 heteroatoms. The zero-order valence-corrected chi connectivity index (χ0v) is 11.4. The molecule has 1 saturated heterocycles. The molecular weight excluding hydrogens is 257 g/mol. The zero-order chi connectivity index (χ0) is 11.2. The van der Waals surface area contributed by atoms with Gasteiger partial charge in [-0.15, -0.1) is 12.4 Å². The third-order valence-electron chi connectivity index (χ3n) is 2.99. The maximum absolute atomic E-state index is 5.82. The van der Waals surface area contributed by atoms with Gasteiger partial charge in [-0.25, -0.2) is 0 Å². The topological polar surface area (TPSA) is 21.3 Å². The molecule has 0 aliphatic carbocycles. The molecule has 0 amide bonds. The fraction of sp³-hybridized carbons (Fsp3) is 0.538. The van der Waals surface area contributed by atoms with Crippen LogP contribution in [0.2, 0.25) is 5.02 Å². The first kappa shape index (κ1) is 14.8. The van der Waals surface area contributed by atoms with E-state index in [1.54, 1.807) is 0 Å². The average Bonchev–Trinajstić information content (AvgIpc) is 2.33. The Kier molecular flexibility index (Phi) is 6.90. The number of ether oxygens (including phenoxy) is 1. The Hall–Kier alpha value is -0.280. The highest BCUT2D eigenvalue weighted by Crippen LogP contribution is 2.14. The van der Waals surface area contributed by atoms with Crippen LogP contribution in [0.25, 0.3) is 0 Å². The van der Waals surface area contributed by atoms with Crippen LogP contribution in [0.5, 0.6) is 0 Å². The van der Waals surface area contributed by atoms with Gasteiger partial charge in [0.1, 0.15) is 0 Å². The minimum atomic E-state index is 0. The number of rotatable bonds is 4. The smallest absolute Gasteiger partial charge is 0.0717 e. The van der Waals surface area contributed by atoms with Gasteiger partial charge < -0.3 is 10.1 Å². The van der Waals surface area contributed by atoms with Crippen LogP contribution in [0, 0.1) is 5.92 Å². The van der Waals surface area contributed by atoms with Crippen LogP contribution in [0.3, 0.4) is 0 Å². The Morgan fingerprint density at radius 1 is 1.18 bits per heavy atom. The lowest BCUT2D eigenvalue weighted by Gasteiger charge is -2.22. The molecule has 1 aromatic rings. The van der Waals surface area contributed by atoms with E-state index in [0.717, 1.165) is 30.6 Å². The Balaban J connectivity index is 0.00000144. The van der Waals surface area contributed by atoms with Gasteiger partial charge in [0.15, 0.2) is 0 Å². The maximum Gasteiger partial charge on any atom is 0.0717 e. The third-order valence-corrected chi connectivity index (χ3v) is 3.25. The fourth-order valence-electron chi connectivity index (χ4n) is 1.97. The van der Waals surface area contributed by atoms with E-state index < -0.39 is 0 Å². The first-order valence-electron chi connectivity index (χ1n) is 5.87. The summed E-state index contributed by atoms with van der Waals surface area (Å²) in [7, 11) is 0. The highest BCUT2D eigenvalue weighted by atomic mass is 35.5. The van der Waals surface area contributed by atoms with Crippen molar-refractivity contribution >= 4 is 24.0 Å². The molecule has 1 aliphatic rings. The van der Waals surface area contributed by atoms with Gasteiger partial charge in [0.05, 0.1) is 6.61 Å². The van der Waals surface area contributed by atoms with Crippen LogP contribution in [-0.4, -0.2) is 19.7 Å². The van der Waals surface area contributed by atoms with Crippen LogP contribution in [0.1, 0.15) is 18.4 Å². The second kappa shape index (κ2) is 7.93. The van der Waals surface area contributed by atoms with Crippen LogP contribution in [0.15, 0.2) is 24.3 Å². The molecule has 0 aromatic heterocycles. The van der Waals surface area contributed by atoms with Crippen molar-refractivity contribution in [1.82, 2.24) is 5.32 Å². The Morgan fingerprint density at radius 3 is 2.47 bits per heavy atom. The molecule has 0 spiro atoms. The largest absolute Gasteiger partial charge is 0.376 e. The van der Waals surface area contributed by atoms with Gasteiger partial charge in [-0.05, 0) is 49.5 Å². The minimum Gasteiger partial charge on any atom is -0.376 e. The van der Waals surface area contributed by atoms with Gasteiger partial charge in [-0.2, -0.15) is 0 Å². The molecule has 1 N–H and O–H groups in total. The molecule has 2 nitrogen and oxygen atoms in total. The summed E-state index contributed by atoms with van der Waals surface area (Å²) in [6.45, 7) is 3.84. The Bertz CT molecular complexity index is 310. The van der Waals surface area contributed by atoms with E-state index in [1.807, 2.05) is 24.3 Å². The lowest BCUT2D eigenvalue weighted by Crippen LogP contribution is -2.29. The van der Waals surface area contributed by atoms with Crippen LogP contribution >= 0.6 is 24.0 Å². The lowest BCUT2D eigenvalue weighted by atomic mass is 9.99. The fourth-order valence-corrected chi connectivity index (χ4v) is 2.10. The van der Waals surface area contributed by atoms with E-state index >= 15 is 0 Å². The van der Waals surface area contributed by atoms with E-state index in [1.165, 1.54) is 18.4 Å². The summed E-state index contributed by atoms with van der Waals surface area (Å²) in [6.07, 6.45) is 2.47. The normalized spacial score (nSPS) is 16.5. The first-order chi connectivity index (χ1) is 7.84. The monoisotopic (exact) mass is 275 g/mol. The summed E-state index contributed by atoms with van der Waals surface area (Å²) in [4.78, 5) is 0.